The highest BCUT2D eigenvalue weighted by Crippen LogP contribution is 2.42. The quantitative estimate of drug-likeness (QED) is 0.607. The molecule has 7 heteroatoms. The summed E-state index contributed by atoms with van der Waals surface area (Å²) in [6.07, 6.45) is 7.58. The Kier molecular flexibility index (Phi) is 7.71. The van der Waals surface area contributed by atoms with Gasteiger partial charge in [-0.3, -0.25) is 0 Å². The van der Waals surface area contributed by atoms with E-state index in [-0.39, 0.29) is 17.9 Å². The molecule has 1 aromatic heterocycles. The van der Waals surface area contributed by atoms with Gasteiger partial charge in [-0.1, -0.05) is 24.3 Å². The van der Waals surface area contributed by atoms with E-state index in [2.05, 4.69) is 46.5 Å². The van der Waals surface area contributed by atoms with E-state index in [1.54, 1.807) is 6.33 Å². The van der Waals surface area contributed by atoms with E-state index < -0.39 is 0 Å². The topological polar surface area (TPSA) is 79.5 Å². The molecular weight excluding hydrogens is 416 g/mol. The summed E-state index contributed by atoms with van der Waals surface area (Å²) in [6, 6.07) is 8.93. The molecule has 1 atom stereocenters. The minimum Gasteiger partial charge on any atom is -0.348 e. The Hall–Kier alpha value is -2.38. The first-order valence-corrected chi connectivity index (χ1v) is 12.4. The highest BCUT2D eigenvalue weighted by atomic mass is 16.7. The minimum absolute atomic E-state index is 0.0121. The van der Waals surface area contributed by atoms with Gasteiger partial charge in [0, 0.05) is 37.7 Å². The van der Waals surface area contributed by atoms with Crippen LogP contribution >= 0.6 is 0 Å². The number of nitrogens with one attached hydrogen (secondary N) is 2. The molecule has 2 N–H and O–H groups in total. The third-order valence-electron chi connectivity index (χ3n) is 7.22. The van der Waals surface area contributed by atoms with Crippen LogP contribution in [0.2, 0.25) is 0 Å². The number of aromatic amines is 1. The van der Waals surface area contributed by atoms with Gasteiger partial charge < -0.3 is 24.7 Å². The number of hydrogen-bond acceptors (Lipinski definition) is 4. The predicted octanol–water partition coefficient (Wildman–Crippen LogP) is 4.67. The van der Waals surface area contributed by atoms with Crippen molar-refractivity contribution in [3.8, 4) is 0 Å². The summed E-state index contributed by atoms with van der Waals surface area (Å²) in [6.45, 7) is 8.78. The molecule has 1 unspecified atom stereocenters. The van der Waals surface area contributed by atoms with Gasteiger partial charge in [0.2, 0.25) is 0 Å². The van der Waals surface area contributed by atoms with E-state index in [1.807, 2.05) is 18.7 Å². The van der Waals surface area contributed by atoms with Crippen molar-refractivity contribution in [2.24, 2.45) is 0 Å². The number of carbonyl (C=O) groups is 1. The van der Waals surface area contributed by atoms with E-state index in [4.69, 9.17) is 9.47 Å². The fraction of sp³-hybridized carbons (Fsp3) is 0.615. The Labute approximate surface area is 197 Å². The number of amides is 2. The summed E-state index contributed by atoms with van der Waals surface area (Å²) in [5.41, 5.74) is 4.70. The molecule has 2 fully saturated rings. The molecule has 180 valence electrons. The molecule has 4 rings (SSSR count). The van der Waals surface area contributed by atoms with Crippen LogP contribution in [0, 0.1) is 6.92 Å². The maximum atomic E-state index is 12.8. The van der Waals surface area contributed by atoms with Gasteiger partial charge in [0.25, 0.3) is 0 Å². The second-order valence-corrected chi connectivity index (χ2v) is 9.45. The largest absolute Gasteiger partial charge is 0.348 e. The number of benzene rings is 1. The van der Waals surface area contributed by atoms with Crippen molar-refractivity contribution in [2.45, 2.75) is 83.6 Å². The molecule has 0 radical (unpaired) electrons. The van der Waals surface area contributed by atoms with Crippen molar-refractivity contribution < 1.29 is 14.3 Å². The summed E-state index contributed by atoms with van der Waals surface area (Å²) in [4.78, 5) is 22.3. The van der Waals surface area contributed by atoms with Crippen LogP contribution in [0.1, 0.15) is 74.4 Å². The van der Waals surface area contributed by atoms with Crippen molar-refractivity contribution in [2.75, 3.05) is 19.8 Å². The lowest BCUT2D eigenvalue weighted by atomic mass is 9.81. The number of carbonyl (C=O) groups excluding carboxylic acids is 1. The molecule has 0 bridgehead atoms. The van der Waals surface area contributed by atoms with Gasteiger partial charge in [0.15, 0.2) is 5.79 Å². The second-order valence-electron chi connectivity index (χ2n) is 9.45. The van der Waals surface area contributed by atoms with Gasteiger partial charge in [0.05, 0.1) is 25.2 Å². The fourth-order valence-corrected chi connectivity index (χ4v) is 5.09. The van der Waals surface area contributed by atoms with Gasteiger partial charge in [-0.25, -0.2) is 9.78 Å². The Morgan fingerprint density at radius 3 is 2.55 bits per heavy atom. The average Bonchev–Trinajstić information content (AvgIpc) is 3.46. The Morgan fingerprint density at radius 1 is 1.24 bits per heavy atom. The molecule has 2 heterocycles. The summed E-state index contributed by atoms with van der Waals surface area (Å²) in [5, 5.41) is 2.98. The number of urea groups is 1. The predicted molar refractivity (Wildman–Crippen MR) is 128 cm³/mol. The second kappa shape index (κ2) is 10.7. The van der Waals surface area contributed by atoms with Crippen molar-refractivity contribution in [3.05, 3.63) is 53.1 Å². The number of hydrogen-bond donors (Lipinski definition) is 2. The Bertz CT molecular complexity index is 895. The zero-order chi connectivity index (χ0) is 23.3. The SMILES string of the molecule is CCNC(=O)N(Cc1ccc(C2CCC3(CC2)OCCO3)cc1)C(C)CCc1nc[nH]c1C. The van der Waals surface area contributed by atoms with Crippen LogP contribution in [0.25, 0.3) is 0 Å². The number of aromatic nitrogens is 2. The monoisotopic (exact) mass is 454 g/mol. The first-order valence-electron chi connectivity index (χ1n) is 12.4. The van der Waals surface area contributed by atoms with Gasteiger partial charge in [-0.2, -0.15) is 0 Å². The van der Waals surface area contributed by atoms with Crippen molar-refractivity contribution >= 4 is 6.03 Å². The number of nitrogens with zero attached hydrogens (tertiary/aromatic N) is 2. The number of ether oxygens (including phenoxy) is 2. The third-order valence-corrected chi connectivity index (χ3v) is 7.22. The molecule has 7 nitrogen and oxygen atoms in total. The standard InChI is InChI=1S/C26H38N4O3/c1-4-27-25(31)30(19(2)5-10-24-20(3)28-18-29-24)17-21-6-8-22(9-7-21)23-11-13-26(14-12-23)32-15-16-33-26/h6-9,18-19,23H,4-5,10-17H2,1-3H3,(H,27,31)(H,28,29). The molecule has 33 heavy (non-hydrogen) atoms. The zero-order valence-electron chi connectivity index (χ0n) is 20.2. The molecule has 2 aromatic rings. The fourth-order valence-electron chi connectivity index (χ4n) is 5.09. The van der Waals surface area contributed by atoms with Gasteiger partial charge in [0.1, 0.15) is 0 Å². The van der Waals surface area contributed by atoms with E-state index in [9.17, 15) is 4.79 Å². The number of imidazole rings is 1. The van der Waals surface area contributed by atoms with Crippen LogP contribution in [0.15, 0.2) is 30.6 Å². The van der Waals surface area contributed by atoms with Crippen molar-refractivity contribution in [1.82, 2.24) is 20.2 Å². The molecule has 1 saturated heterocycles. The molecule has 1 saturated carbocycles. The normalized spacial score (nSPS) is 19.0. The van der Waals surface area contributed by atoms with Gasteiger partial charge >= 0.3 is 6.03 Å². The Balaban J connectivity index is 1.36. The molecule has 1 aromatic carbocycles. The molecule has 1 spiro atoms. The van der Waals surface area contributed by atoms with Crippen molar-refractivity contribution in [3.63, 3.8) is 0 Å². The maximum absolute atomic E-state index is 12.8. The first-order chi connectivity index (χ1) is 16.0. The summed E-state index contributed by atoms with van der Waals surface area (Å²) in [5.74, 6) is 0.238. The molecule has 2 amide bonds. The van der Waals surface area contributed by atoms with Gasteiger partial charge in [-0.15, -0.1) is 0 Å². The molecular formula is C26H38N4O3. The lowest BCUT2D eigenvalue weighted by molar-refractivity contribution is -0.178. The molecule has 1 aliphatic heterocycles. The highest BCUT2D eigenvalue weighted by Gasteiger charge is 2.40. The number of rotatable bonds is 8. The van der Waals surface area contributed by atoms with Crippen LogP contribution in [0.4, 0.5) is 4.79 Å². The summed E-state index contributed by atoms with van der Waals surface area (Å²) in [7, 11) is 0. The van der Waals surface area contributed by atoms with Gasteiger partial charge in [-0.05, 0) is 63.5 Å². The number of aryl methyl sites for hydroxylation is 2. The van der Waals surface area contributed by atoms with E-state index in [0.29, 0.717) is 19.0 Å². The highest BCUT2D eigenvalue weighted by molar-refractivity contribution is 5.74. The van der Waals surface area contributed by atoms with E-state index in [1.165, 1.54) is 5.56 Å². The van der Waals surface area contributed by atoms with Crippen LogP contribution in [0.3, 0.4) is 0 Å². The Morgan fingerprint density at radius 2 is 1.94 bits per heavy atom. The van der Waals surface area contributed by atoms with Crippen LogP contribution in [-0.4, -0.2) is 52.5 Å². The van der Waals surface area contributed by atoms with Crippen molar-refractivity contribution in [1.29, 1.82) is 0 Å². The average molecular weight is 455 g/mol. The third kappa shape index (κ3) is 5.76. The minimum atomic E-state index is -0.311. The van der Waals surface area contributed by atoms with Crippen LogP contribution in [0.5, 0.6) is 0 Å². The zero-order valence-corrected chi connectivity index (χ0v) is 20.2. The lowest BCUT2D eigenvalue weighted by Gasteiger charge is -2.35. The molecule has 1 aliphatic carbocycles. The smallest absolute Gasteiger partial charge is 0.317 e. The maximum Gasteiger partial charge on any atom is 0.317 e. The molecule has 2 aliphatic rings. The first kappa shape index (κ1) is 23.8. The summed E-state index contributed by atoms with van der Waals surface area (Å²) >= 11 is 0. The van der Waals surface area contributed by atoms with Crippen LogP contribution in [-0.2, 0) is 22.4 Å². The van der Waals surface area contributed by atoms with Crippen LogP contribution < -0.4 is 5.32 Å². The number of H-pyrrole nitrogens is 1. The van der Waals surface area contributed by atoms with E-state index >= 15 is 0 Å². The van der Waals surface area contributed by atoms with E-state index in [0.717, 1.165) is 68.7 Å². The summed E-state index contributed by atoms with van der Waals surface area (Å²) < 4.78 is 11.7. The lowest BCUT2D eigenvalue weighted by Crippen LogP contribution is -2.44.